The summed E-state index contributed by atoms with van der Waals surface area (Å²) in [6, 6.07) is 35.6. The third kappa shape index (κ3) is 5.97. The van der Waals surface area contributed by atoms with Crippen LogP contribution in [-0.2, 0) is 15.1 Å². The Morgan fingerprint density at radius 3 is 1.69 bits per heavy atom. The molecule has 1 saturated heterocycles. The first kappa shape index (κ1) is 31.6. The van der Waals surface area contributed by atoms with Gasteiger partial charge < -0.3 is 9.47 Å². The molecule has 10 nitrogen and oxygen atoms in total. The Bertz CT molecular complexity index is 2370. The van der Waals surface area contributed by atoms with Crippen LogP contribution in [0.4, 0.5) is 10.5 Å². The highest BCUT2D eigenvalue weighted by Crippen LogP contribution is 2.35. The van der Waals surface area contributed by atoms with Crippen LogP contribution >= 0.6 is 22.7 Å². The molecule has 0 aromatic heterocycles. The van der Waals surface area contributed by atoms with E-state index in [1.807, 2.05) is 48.5 Å². The van der Waals surface area contributed by atoms with Crippen molar-refractivity contribution in [3.8, 4) is 23.6 Å². The first-order chi connectivity index (χ1) is 23.2. The summed E-state index contributed by atoms with van der Waals surface area (Å²) >= 11 is 1.82. The number of nitriles is 2. The van der Waals surface area contributed by atoms with Crippen molar-refractivity contribution in [2.75, 3.05) is 5.43 Å². The van der Waals surface area contributed by atoms with E-state index in [1.165, 1.54) is 0 Å². The quantitative estimate of drug-likeness (QED) is 0.208. The summed E-state index contributed by atoms with van der Waals surface area (Å²) in [4.78, 5) is 50.3. The number of hydrogen-bond acceptors (Lipinski definition) is 11. The van der Waals surface area contributed by atoms with Crippen molar-refractivity contribution in [1.29, 1.82) is 10.5 Å². The number of cyclic esters (lactones) is 1. The van der Waals surface area contributed by atoms with Gasteiger partial charge in [-0.05, 0) is 43.3 Å². The second-order valence-electron chi connectivity index (χ2n) is 10.4. The van der Waals surface area contributed by atoms with Gasteiger partial charge >= 0.3 is 6.09 Å². The molecule has 0 bridgehead atoms. The molecule has 4 aromatic rings. The predicted octanol–water partition coefficient (Wildman–Crippen LogP) is 6.85. The van der Waals surface area contributed by atoms with Gasteiger partial charge in [0.25, 0.3) is 5.91 Å². The average Bonchev–Trinajstić information content (AvgIpc) is 3.34. The van der Waals surface area contributed by atoms with Gasteiger partial charge in [-0.25, -0.2) is 4.79 Å². The Labute approximate surface area is 280 Å². The lowest BCUT2D eigenvalue weighted by atomic mass is 9.95. The summed E-state index contributed by atoms with van der Waals surface area (Å²) < 4.78 is 11.7. The van der Waals surface area contributed by atoms with Crippen molar-refractivity contribution in [3.05, 3.63) is 154 Å². The molecule has 12 heteroatoms. The number of hydrazine groups is 1. The van der Waals surface area contributed by atoms with E-state index in [9.17, 15) is 19.2 Å². The van der Waals surface area contributed by atoms with E-state index in [1.54, 1.807) is 79.7 Å². The summed E-state index contributed by atoms with van der Waals surface area (Å²) in [7, 11) is 0. The van der Waals surface area contributed by atoms with Crippen molar-refractivity contribution in [3.63, 3.8) is 0 Å². The van der Waals surface area contributed by atoms with Gasteiger partial charge in [-0.15, -0.1) is 27.7 Å². The van der Waals surface area contributed by atoms with Crippen LogP contribution < -0.4 is 21.0 Å². The number of para-hydroxylation sites is 2. The standard InChI is InChI=1S/C22H18N2O4.C14H4N2O2S2/c1-22(16-12-14-19(15-13-16)27-18-10-6-3-7-11-18)20(25)24(21(26)28-22)23-17-8-4-2-5-9-17;15-5-9-10(6-16)20-14-12(18)8-4-2-1-3-7(8)11(17)13(14)19-9/h2-15,23H,1H3;1-4H. The van der Waals surface area contributed by atoms with Crippen molar-refractivity contribution >= 4 is 51.1 Å². The first-order valence-electron chi connectivity index (χ1n) is 14.3. The third-order valence-electron chi connectivity index (χ3n) is 7.34. The minimum Gasteiger partial charge on any atom is -0.457 e. The van der Waals surface area contributed by atoms with E-state index in [-0.39, 0.29) is 29.7 Å². The molecule has 1 unspecified atom stereocenters. The molecule has 2 heterocycles. The molecule has 48 heavy (non-hydrogen) atoms. The number of fused-ring (bicyclic) bond motifs is 1. The molecule has 4 aromatic carbocycles. The monoisotopic (exact) mass is 670 g/mol. The van der Waals surface area contributed by atoms with Crippen molar-refractivity contribution in [2.24, 2.45) is 0 Å². The number of amides is 2. The molecule has 1 N–H and O–H groups in total. The minimum absolute atomic E-state index is 0.164. The van der Waals surface area contributed by atoms with Crippen LogP contribution in [0.2, 0.25) is 0 Å². The molecule has 1 aliphatic carbocycles. The van der Waals surface area contributed by atoms with Gasteiger partial charge in [-0.1, -0.05) is 72.8 Å². The molecular formula is C36H22N4O6S2. The van der Waals surface area contributed by atoms with Gasteiger partial charge in [0, 0.05) is 16.3 Å². The van der Waals surface area contributed by atoms with Gasteiger partial charge in [0.2, 0.25) is 16.5 Å². The van der Waals surface area contributed by atoms with Crippen LogP contribution in [0.5, 0.6) is 11.5 Å². The zero-order chi connectivity index (χ0) is 33.8. The molecule has 0 saturated carbocycles. The lowest BCUT2D eigenvalue weighted by molar-refractivity contribution is -0.135. The Morgan fingerprint density at radius 1 is 0.688 bits per heavy atom. The molecule has 1 fully saturated rings. The molecule has 234 valence electrons. The fourth-order valence-corrected chi connectivity index (χ4v) is 6.96. The van der Waals surface area contributed by atoms with Gasteiger partial charge in [-0.3, -0.25) is 19.8 Å². The number of anilines is 1. The van der Waals surface area contributed by atoms with Crippen LogP contribution in [0.15, 0.2) is 119 Å². The van der Waals surface area contributed by atoms with Crippen LogP contribution in [0.25, 0.3) is 10.8 Å². The third-order valence-corrected chi connectivity index (χ3v) is 9.78. The number of rotatable bonds is 5. The maximum Gasteiger partial charge on any atom is 0.437 e. The van der Waals surface area contributed by atoms with Gasteiger partial charge in [0.15, 0.2) is 0 Å². The molecule has 1 atom stereocenters. The summed E-state index contributed by atoms with van der Waals surface area (Å²) in [5, 5.41) is 19.6. The van der Waals surface area contributed by atoms with E-state index in [2.05, 4.69) is 5.43 Å². The molecular weight excluding hydrogens is 649 g/mol. The lowest BCUT2D eigenvalue weighted by Crippen LogP contribution is -2.39. The minimum atomic E-state index is -1.41. The van der Waals surface area contributed by atoms with Gasteiger partial charge in [-0.2, -0.15) is 10.5 Å². The highest BCUT2D eigenvalue weighted by atomic mass is 32.1. The smallest absolute Gasteiger partial charge is 0.437 e. The Kier molecular flexibility index (Phi) is 8.69. The van der Waals surface area contributed by atoms with E-state index < -0.39 is 17.6 Å². The van der Waals surface area contributed by atoms with E-state index in [4.69, 9.17) is 20.0 Å². The average molecular weight is 671 g/mol. The number of imide groups is 1. The number of carbonyl (C=O) groups is 2. The number of carbonyl (C=O) groups excluding carboxylic acids is 2. The second kappa shape index (κ2) is 13.2. The number of hydrogen-bond donors (Lipinski definition) is 1. The zero-order valence-electron chi connectivity index (χ0n) is 25.0. The Morgan fingerprint density at radius 2 is 1.17 bits per heavy atom. The van der Waals surface area contributed by atoms with Gasteiger partial charge in [0.1, 0.15) is 33.4 Å². The predicted molar refractivity (Wildman–Crippen MR) is 181 cm³/mol. The zero-order valence-corrected chi connectivity index (χ0v) is 26.6. The second-order valence-corrected chi connectivity index (χ2v) is 12.4. The highest BCUT2D eigenvalue weighted by molar-refractivity contribution is 7.18. The molecule has 2 amide bonds. The van der Waals surface area contributed by atoms with Crippen LogP contribution in [0.1, 0.15) is 22.2 Å². The van der Waals surface area contributed by atoms with Crippen molar-refractivity contribution in [1.82, 2.24) is 5.01 Å². The van der Waals surface area contributed by atoms with Crippen LogP contribution in [0.3, 0.4) is 0 Å². The van der Waals surface area contributed by atoms with Crippen molar-refractivity contribution in [2.45, 2.75) is 12.5 Å². The Balaban J connectivity index is 0.000000177. The van der Waals surface area contributed by atoms with Crippen molar-refractivity contribution < 1.29 is 19.1 Å². The topological polar surface area (TPSA) is 150 Å². The summed E-state index contributed by atoms with van der Waals surface area (Å²) in [6.07, 6.45) is -0.749. The molecule has 7 rings (SSSR count). The maximum atomic E-state index is 12.9. The van der Waals surface area contributed by atoms with Crippen LogP contribution in [0, 0.1) is 31.7 Å². The van der Waals surface area contributed by atoms with Crippen LogP contribution in [-0.4, -0.2) is 17.0 Å². The first-order valence-corrected chi connectivity index (χ1v) is 15.9. The number of benzene rings is 4. The fourth-order valence-electron chi connectivity index (χ4n) is 4.91. The number of ether oxygens (including phenoxy) is 2. The van der Waals surface area contributed by atoms with E-state index >= 15 is 0 Å². The van der Waals surface area contributed by atoms with E-state index in [0.717, 1.165) is 27.7 Å². The molecule has 0 spiro atoms. The highest BCUT2D eigenvalue weighted by Gasteiger charge is 2.52. The summed E-state index contributed by atoms with van der Waals surface area (Å²) in [5.41, 5.74) is 2.02. The molecule has 0 radical (unpaired) electrons. The van der Waals surface area contributed by atoms with Gasteiger partial charge in [0.05, 0.1) is 14.8 Å². The molecule has 3 aliphatic rings. The maximum absolute atomic E-state index is 12.9. The molecule has 2 aliphatic heterocycles. The Hall–Kier alpha value is -6.34. The lowest BCUT2D eigenvalue weighted by Gasteiger charge is -2.21. The number of nitrogens with zero attached hydrogens (tertiary/aromatic N) is 3. The van der Waals surface area contributed by atoms with E-state index in [0.29, 0.717) is 33.5 Å². The normalized spacial score (nSPS) is 15.2. The fraction of sp³-hybridized carbons (Fsp3) is 0.0556. The summed E-state index contributed by atoms with van der Waals surface area (Å²) in [6.45, 7) is 1.58. The SMILES string of the molecule is CC1(c2ccc(Oc3ccccc3)cc2)OC(=O)N(Nc2ccccc2)C1=O.N#Cc1sc2c(=O)c3ccccc3c(=O)c=2sc1C#N. The largest absolute Gasteiger partial charge is 0.457 e. The summed E-state index contributed by atoms with van der Waals surface area (Å²) in [5.74, 6) is 0.843. The number of nitrogens with one attached hydrogen (secondary N) is 1.